The fourth-order valence-electron chi connectivity index (χ4n) is 2.71. The molecule has 112 valence electrons. The van der Waals surface area contributed by atoms with Gasteiger partial charge in [-0.2, -0.15) is 0 Å². The van der Waals surface area contributed by atoms with Gasteiger partial charge in [-0.3, -0.25) is 0 Å². The zero-order chi connectivity index (χ0) is 15.6. The largest absolute Gasteiger partial charge is 0.307 e. The highest BCUT2D eigenvalue weighted by Gasteiger charge is 2.16. The monoisotopic (exact) mass is 349 g/mol. The zero-order valence-corrected chi connectivity index (χ0v) is 14.5. The Hall–Kier alpha value is -1.19. The molecule has 0 aliphatic heterocycles. The molecule has 0 heterocycles. The molecule has 2 aromatic carbocycles. The molecule has 0 amide bonds. The molecule has 0 saturated carbocycles. The van der Waals surface area contributed by atoms with E-state index in [-0.39, 0.29) is 11.9 Å². The van der Waals surface area contributed by atoms with Gasteiger partial charge in [0.05, 0.1) is 6.04 Å². The van der Waals surface area contributed by atoms with Crippen molar-refractivity contribution < 1.29 is 4.39 Å². The number of aryl methyl sites for hydroxylation is 3. The van der Waals surface area contributed by atoms with Gasteiger partial charge in [0.25, 0.3) is 0 Å². The van der Waals surface area contributed by atoms with Crippen molar-refractivity contribution >= 4 is 15.9 Å². The van der Waals surface area contributed by atoms with Gasteiger partial charge in [0, 0.05) is 4.47 Å². The smallest absolute Gasteiger partial charge is 0.129 e. The number of nitrogens with one attached hydrogen (secondary N) is 1. The maximum atomic E-state index is 13.9. The molecular weight excluding hydrogens is 329 g/mol. The molecule has 0 bridgehead atoms. The van der Waals surface area contributed by atoms with Gasteiger partial charge in [0.15, 0.2) is 0 Å². The van der Waals surface area contributed by atoms with E-state index in [2.05, 4.69) is 53.3 Å². The molecular formula is C18H21BrFN. The summed E-state index contributed by atoms with van der Waals surface area (Å²) in [7, 11) is 0. The third kappa shape index (κ3) is 3.72. The molecule has 1 unspecified atom stereocenters. The first kappa shape index (κ1) is 16.2. The first-order valence-corrected chi connectivity index (χ1v) is 7.98. The maximum absolute atomic E-state index is 13.9. The Kier molecular flexibility index (Phi) is 5.17. The van der Waals surface area contributed by atoms with Crippen LogP contribution in [-0.2, 0) is 0 Å². The molecule has 2 aromatic rings. The molecule has 3 heteroatoms. The first-order chi connectivity index (χ1) is 9.92. The van der Waals surface area contributed by atoms with Crippen molar-refractivity contribution in [3.63, 3.8) is 0 Å². The molecule has 0 fully saturated rings. The van der Waals surface area contributed by atoms with E-state index >= 15 is 0 Å². The Morgan fingerprint density at radius 3 is 2.10 bits per heavy atom. The number of halogens is 2. The SMILES string of the molecule is CCNC(c1cc(C)cc(Br)c1)c1cc(C)c(F)c(C)c1. The van der Waals surface area contributed by atoms with Crippen molar-refractivity contribution in [2.24, 2.45) is 0 Å². The predicted molar refractivity (Wildman–Crippen MR) is 90.3 cm³/mol. The van der Waals surface area contributed by atoms with Crippen molar-refractivity contribution in [2.45, 2.75) is 33.7 Å². The lowest BCUT2D eigenvalue weighted by Crippen LogP contribution is -2.22. The van der Waals surface area contributed by atoms with Crippen LogP contribution in [0.4, 0.5) is 4.39 Å². The van der Waals surface area contributed by atoms with E-state index in [1.807, 2.05) is 26.0 Å². The van der Waals surface area contributed by atoms with Crippen LogP contribution in [0.3, 0.4) is 0 Å². The van der Waals surface area contributed by atoms with Crippen molar-refractivity contribution in [1.29, 1.82) is 0 Å². The molecule has 0 spiro atoms. The second-order valence-electron chi connectivity index (χ2n) is 5.52. The highest BCUT2D eigenvalue weighted by atomic mass is 79.9. The topological polar surface area (TPSA) is 12.0 Å². The van der Waals surface area contributed by atoms with Crippen molar-refractivity contribution in [2.75, 3.05) is 6.54 Å². The summed E-state index contributed by atoms with van der Waals surface area (Å²) in [5, 5.41) is 3.50. The van der Waals surface area contributed by atoms with Gasteiger partial charge < -0.3 is 5.32 Å². The summed E-state index contributed by atoms with van der Waals surface area (Å²) in [6, 6.07) is 10.3. The highest BCUT2D eigenvalue weighted by molar-refractivity contribution is 9.10. The lowest BCUT2D eigenvalue weighted by atomic mass is 9.94. The summed E-state index contributed by atoms with van der Waals surface area (Å²) in [5.41, 5.74) is 4.89. The molecule has 0 radical (unpaired) electrons. The van der Waals surface area contributed by atoms with E-state index < -0.39 is 0 Å². The van der Waals surface area contributed by atoms with Crippen LogP contribution in [0.5, 0.6) is 0 Å². The molecule has 0 saturated heterocycles. The van der Waals surface area contributed by atoms with Gasteiger partial charge in [0.1, 0.15) is 5.82 Å². The number of hydrogen-bond donors (Lipinski definition) is 1. The average Bonchev–Trinajstić information content (AvgIpc) is 2.40. The van der Waals surface area contributed by atoms with Gasteiger partial charge in [0.2, 0.25) is 0 Å². The standard InChI is InChI=1S/C18H21BrFN/c1-5-21-18(14-6-11(2)7-16(19)10-14)15-8-12(3)17(20)13(4)9-15/h6-10,18,21H,5H2,1-4H3. The third-order valence-corrected chi connectivity index (χ3v) is 4.06. The fourth-order valence-corrected chi connectivity index (χ4v) is 3.34. The van der Waals surface area contributed by atoms with Crippen molar-refractivity contribution in [3.05, 3.63) is 68.4 Å². The molecule has 1 atom stereocenters. The number of rotatable bonds is 4. The second kappa shape index (κ2) is 6.71. The molecule has 1 nitrogen and oxygen atoms in total. The van der Waals surface area contributed by atoms with Crippen LogP contribution in [0.15, 0.2) is 34.8 Å². The number of benzene rings is 2. The Labute approximate surface area is 134 Å². The summed E-state index contributed by atoms with van der Waals surface area (Å²) in [6.07, 6.45) is 0. The van der Waals surface area contributed by atoms with E-state index in [9.17, 15) is 4.39 Å². The van der Waals surface area contributed by atoms with Crippen LogP contribution in [0.1, 0.15) is 40.8 Å². The second-order valence-corrected chi connectivity index (χ2v) is 6.44. The zero-order valence-electron chi connectivity index (χ0n) is 12.9. The molecule has 2 rings (SSSR count). The van der Waals surface area contributed by atoms with Gasteiger partial charge in [-0.15, -0.1) is 0 Å². The van der Waals surface area contributed by atoms with E-state index in [1.54, 1.807) is 0 Å². The third-order valence-electron chi connectivity index (χ3n) is 3.60. The van der Waals surface area contributed by atoms with E-state index in [0.29, 0.717) is 11.1 Å². The molecule has 21 heavy (non-hydrogen) atoms. The molecule has 1 N–H and O–H groups in total. The Morgan fingerprint density at radius 2 is 1.57 bits per heavy atom. The van der Waals surface area contributed by atoms with Crippen molar-refractivity contribution in [3.8, 4) is 0 Å². The lowest BCUT2D eigenvalue weighted by molar-refractivity contribution is 0.598. The molecule has 0 aliphatic carbocycles. The van der Waals surface area contributed by atoms with Crippen LogP contribution in [-0.4, -0.2) is 6.54 Å². The predicted octanol–water partition coefficient (Wildman–Crippen LogP) is 5.21. The normalized spacial score (nSPS) is 12.5. The van der Waals surface area contributed by atoms with Crippen LogP contribution in [0, 0.1) is 26.6 Å². The Balaban J connectivity index is 2.53. The quantitative estimate of drug-likeness (QED) is 0.798. The van der Waals surface area contributed by atoms with Crippen LogP contribution < -0.4 is 5.32 Å². The number of hydrogen-bond acceptors (Lipinski definition) is 1. The van der Waals surface area contributed by atoms with Crippen LogP contribution in [0.2, 0.25) is 0 Å². The summed E-state index contributed by atoms with van der Waals surface area (Å²) in [6.45, 7) is 8.66. The minimum absolute atomic E-state index is 0.0733. The Bertz CT molecular complexity index is 608. The first-order valence-electron chi connectivity index (χ1n) is 7.19. The van der Waals surface area contributed by atoms with E-state index in [1.165, 1.54) is 11.1 Å². The van der Waals surface area contributed by atoms with E-state index in [4.69, 9.17) is 0 Å². The van der Waals surface area contributed by atoms with Crippen LogP contribution in [0.25, 0.3) is 0 Å². The minimum Gasteiger partial charge on any atom is -0.307 e. The summed E-state index contributed by atoms with van der Waals surface area (Å²) < 4.78 is 14.9. The lowest BCUT2D eigenvalue weighted by Gasteiger charge is -2.21. The summed E-state index contributed by atoms with van der Waals surface area (Å²) in [5.74, 6) is -0.112. The molecule has 0 aromatic heterocycles. The summed E-state index contributed by atoms with van der Waals surface area (Å²) >= 11 is 3.56. The average molecular weight is 350 g/mol. The molecule has 0 aliphatic rings. The van der Waals surface area contributed by atoms with Gasteiger partial charge >= 0.3 is 0 Å². The highest BCUT2D eigenvalue weighted by Crippen LogP contribution is 2.28. The van der Waals surface area contributed by atoms with Gasteiger partial charge in [-0.05, 0) is 67.3 Å². The van der Waals surface area contributed by atoms with Gasteiger partial charge in [-0.25, -0.2) is 4.39 Å². The van der Waals surface area contributed by atoms with Crippen molar-refractivity contribution in [1.82, 2.24) is 5.32 Å². The van der Waals surface area contributed by atoms with Crippen LogP contribution >= 0.6 is 15.9 Å². The van der Waals surface area contributed by atoms with Gasteiger partial charge in [-0.1, -0.05) is 41.1 Å². The maximum Gasteiger partial charge on any atom is 0.129 e. The summed E-state index contributed by atoms with van der Waals surface area (Å²) in [4.78, 5) is 0. The minimum atomic E-state index is -0.112. The fraction of sp³-hybridized carbons (Fsp3) is 0.333. The van der Waals surface area contributed by atoms with E-state index in [0.717, 1.165) is 16.6 Å². The Morgan fingerprint density at radius 1 is 1.00 bits per heavy atom.